The summed E-state index contributed by atoms with van der Waals surface area (Å²) < 4.78 is 18.2. The maximum absolute atomic E-state index is 11.7. The lowest BCUT2D eigenvalue weighted by molar-refractivity contribution is -0.373. The second-order valence-corrected chi connectivity index (χ2v) is 9.08. The van der Waals surface area contributed by atoms with Gasteiger partial charge in [-0.25, -0.2) is 0 Å². The number of carbonyl (C=O) groups is 2. The number of carbonyl (C=O) groups excluding carboxylic acids is 2. The smallest absolute Gasteiger partial charge is 0.259 e. The van der Waals surface area contributed by atoms with Gasteiger partial charge in [-0.2, -0.15) is 0 Å². The first-order valence-corrected chi connectivity index (χ1v) is 10.3. The number of ketones is 1. The van der Waals surface area contributed by atoms with Crippen LogP contribution in [-0.2, 0) is 23.8 Å². The first kappa shape index (κ1) is 21.2. The molecule has 0 radical (unpaired) electrons. The van der Waals surface area contributed by atoms with Crippen molar-refractivity contribution < 1.29 is 34.0 Å². The molecule has 0 aromatic carbocycles. The number of aliphatic hydroxyl groups is 2. The molecule has 0 saturated carbocycles. The van der Waals surface area contributed by atoms with Gasteiger partial charge in [-0.05, 0) is 26.8 Å². The number of Topliss-reactive ketones (excluding diaryl/α,β-unsaturated/α-hetero) is 1. The first-order chi connectivity index (χ1) is 14.0. The van der Waals surface area contributed by atoms with E-state index < -0.39 is 29.2 Å². The van der Waals surface area contributed by atoms with Crippen LogP contribution in [0.1, 0.15) is 34.6 Å². The standard InChI is InChI=1S/C22H29NO7/c1-10(6-7-13(24)15-14(25)9-23-20(15)27)8-11(2)17-12(3)18-16(26)19-21(4,30-19)22(5,28-17)29-18/h6-8,11-12,16-19,24,26H,9H2,1-5H3,(H,23,27)/b7-6+,10-8+,15-13-/t11-,12-,16-,17-,18?,19?,21+,22?/m1/s1. The van der Waals surface area contributed by atoms with Crippen molar-refractivity contribution in [2.45, 2.75) is 70.4 Å². The molecule has 0 spiro atoms. The van der Waals surface area contributed by atoms with Gasteiger partial charge in [0.05, 0.1) is 18.8 Å². The molecule has 0 aromatic rings. The summed E-state index contributed by atoms with van der Waals surface area (Å²) in [6.45, 7) is 9.56. The number of ether oxygens (including phenoxy) is 3. The number of allylic oxidation sites excluding steroid dienone is 3. The number of aliphatic hydroxyl groups excluding tert-OH is 2. The lowest BCUT2D eigenvalue weighted by Crippen LogP contribution is -2.67. The molecule has 8 nitrogen and oxygen atoms in total. The van der Waals surface area contributed by atoms with Gasteiger partial charge < -0.3 is 29.7 Å². The molecule has 4 heterocycles. The summed E-state index contributed by atoms with van der Waals surface area (Å²) in [5, 5.41) is 23.1. The van der Waals surface area contributed by atoms with E-state index in [2.05, 4.69) is 5.32 Å². The van der Waals surface area contributed by atoms with Gasteiger partial charge in [-0.1, -0.05) is 31.6 Å². The van der Waals surface area contributed by atoms with E-state index in [-0.39, 0.29) is 48.0 Å². The average molecular weight is 419 g/mol. The summed E-state index contributed by atoms with van der Waals surface area (Å²) in [5.41, 5.74) is -0.0349. The van der Waals surface area contributed by atoms with Crippen LogP contribution in [0, 0.1) is 11.8 Å². The molecule has 0 aliphatic carbocycles. The van der Waals surface area contributed by atoms with Gasteiger partial charge in [0.25, 0.3) is 5.91 Å². The second-order valence-electron chi connectivity index (χ2n) is 9.08. The third kappa shape index (κ3) is 3.13. The van der Waals surface area contributed by atoms with Crippen LogP contribution in [0.5, 0.6) is 0 Å². The molecule has 0 aromatic heterocycles. The van der Waals surface area contributed by atoms with E-state index in [0.717, 1.165) is 5.57 Å². The highest BCUT2D eigenvalue weighted by Gasteiger charge is 2.76. The monoisotopic (exact) mass is 419 g/mol. The van der Waals surface area contributed by atoms with Gasteiger partial charge >= 0.3 is 0 Å². The molecule has 1 amide bonds. The maximum atomic E-state index is 11.7. The zero-order chi connectivity index (χ0) is 22.0. The molecule has 8 heteroatoms. The van der Waals surface area contributed by atoms with Crippen LogP contribution in [0.2, 0.25) is 0 Å². The number of hydrogen-bond acceptors (Lipinski definition) is 7. The molecule has 4 aliphatic rings. The molecular weight excluding hydrogens is 390 g/mol. The lowest BCUT2D eigenvalue weighted by atomic mass is 9.77. The van der Waals surface area contributed by atoms with Gasteiger partial charge in [-0.15, -0.1) is 0 Å². The zero-order valence-electron chi connectivity index (χ0n) is 17.8. The normalized spacial score (nSPS) is 45.9. The molecule has 164 valence electrons. The third-order valence-electron chi connectivity index (χ3n) is 6.88. The Morgan fingerprint density at radius 1 is 1.23 bits per heavy atom. The highest BCUT2D eigenvalue weighted by molar-refractivity contribution is 6.25. The largest absolute Gasteiger partial charge is 0.507 e. The average Bonchev–Trinajstić information content (AvgIpc) is 3.29. The Bertz CT molecular complexity index is 859. The SMILES string of the molecule is CC(/C=C/C(O)=C1\C(=O)CNC1=O)=C\[C@@H](C)[C@H]1OC2(C)OC([C@@H](O)C3O[C@@]32C)[C@@H]1C. The molecule has 3 unspecified atom stereocenters. The highest BCUT2D eigenvalue weighted by Crippen LogP contribution is 2.58. The molecule has 4 fully saturated rings. The fourth-order valence-corrected chi connectivity index (χ4v) is 4.89. The summed E-state index contributed by atoms with van der Waals surface area (Å²) in [6.07, 6.45) is 3.46. The van der Waals surface area contributed by atoms with Gasteiger partial charge in [0.1, 0.15) is 29.1 Å². The van der Waals surface area contributed by atoms with Gasteiger partial charge in [0.2, 0.25) is 0 Å². The van der Waals surface area contributed by atoms with Crippen molar-refractivity contribution in [2.75, 3.05) is 6.54 Å². The van der Waals surface area contributed by atoms with E-state index in [4.69, 9.17) is 14.2 Å². The fourth-order valence-electron chi connectivity index (χ4n) is 4.89. The Kier molecular flexibility index (Phi) is 4.97. The predicted octanol–water partition coefficient (Wildman–Crippen LogP) is 1.30. The predicted molar refractivity (Wildman–Crippen MR) is 106 cm³/mol. The van der Waals surface area contributed by atoms with Crippen LogP contribution in [0.4, 0.5) is 0 Å². The maximum Gasteiger partial charge on any atom is 0.259 e. The summed E-state index contributed by atoms with van der Waals surface area (Å²) in [7, 11) is 0. The van der Waals surface area contributed by atoms with Crippen molar-refractivity contribution in [1.29, 1.82) is 0 Å². The lowest BCUT2D eigenvalue weighted by Gasteiger charge is -2.53. The van der Waals surface area contributed by atoms with Crippen molar-refractivity contribution in [3.63, 3.8) is 0 Å². The van der Waals surface area contributed by atoms with E-state index in [1.165, 1.54) is 6.08 Å². The minimum absolute atomic E-state index is 0.0207. The second kappa shape index (κ2) is 7.02. The van der Waals surface area contributed by atoms with E-state index >= 15 is 0 Å². The van der Waals surface area contributed by atoms with Crippen molar-refractivity contribution in [2.24, 2.45) is 11.8 Å². The van der Waals surface area contributed by atoms with E-state index in [1.54, 1.807) is 6.08 Å². The van der Waals surface area contributed by atoms with E-state index in [1.807, 2.05) is 40.7 Å². The minimum atomic E-state index is -0.927. The molecule has 8 atom stereocenters. The van der Waals surface area contributed by atoms with Crippen LogP contribution in [0.25, 0.3) is 0 Å². The Labute approximate surface area is 175 Å². The Balaban J connectivity index is 1.51. The molecule has 4 aliphatic heterocycles. The van der Waals surface area contributed by atoms with Crippen LogP contribution in [0.15, 0.2) is 35.1 Å². The van der Waals surface area contributed by atoms with Gasteiger partial charge in [0.15, 0.2) is 11.6 Å². The van der Waals surface area contributed by atoms with E-state index in [9.17, 15) is 19.8 Å². The quantitative estimate of drug-likeness (QED) is 0.207. The van der Waals surface area contributed by atoms with Crippen molar-refractivity contribution in [3.05, 3.63) is 35.1 Å². The summed E-state index contributed by atoms with van der Waals surface area (Å²) in [4.78, 5) is 23.3. The highest BCUT2D eigenvalue weighted by atomic mass is 16.8. The number of hydrogen-bond donors (Lipinski definition) is 3. The molecule has 4 rings (SSSR count). The number of amides is 1. The van der Waals surface area contributed by atoms with Gasteiger partial charge in [-0.3, -0.25) is 9.59 Å². The fraction of sp³-hybridized carbons (Fsp3) is 0.636. The molecule has 30 heavy (non-hydrogen) atoms. The minimum Gasteiger partial charge on any atom is -0.507 e. The number of fused-ring (bicyclic) bond motifs is 4. The summed E-state index contributed by atoms with van der Waals surface area (Å²) in [5.74, 6) is -2.33. The topological polar surface area (TPSA) is 118 Å². The molecule has 3 N–H and O–H groups in total. The number of epoxide rings is 1. The van der Waals surface area contributed by atoms with Gasteiger partial charge in [0, 0.05) is 11.8 Å². The summed E-state index contributed by atoms with van der Waals surface area (Å²) in [6, 6.07) is 0. The molecule has 4 saturated heterocycles. The van der Waals surface area contributed by atoms with E-state index in [0.29, 0.717) is 0 Å². The van der Waals surface area contributed by atoms with Crippen molar-refractivity contribution in [1.82, 2.24) is 5.32 Å². The number of rotatable bonds is 4. The number of nitrogens with one attached hydrogen (secondary N) is 1. The Morgan fingerprint density at radius 2 is 1.93 bits per heavy atom. The van der Waals surface area contributed by atoms with Crippen LogP contribution in [0.3, 0.4) is 0 Å². The molecular formula is C22H29NO7. The summed E-state index contributed by atoms with van der Waals surface area (Å²) >= 11 is 0. The van der Waals surface area contributed by atoms with Crippen molar-refractivity contribution in [3.8, 4) is 0 Å². The Hall–Kier alpha value is -2.00. The Morgan fingerprint density at radius 3 is 2.57 bits per heavy atom. The van der Waals surface area contributed by atoms with Crippen LogP contribution >= 0.6 is 0 Å². The molecule has 2 bridgehead atoms. The zero-order valence-corrected chi connectivity index (χ0v) is 17.8. The van der Waals surface area contributed by atoms with Crippen LogP contribution < -0.4 is 5.32 Å². The van der Waals surface area contributed by atoms with Crippen molar-refractivity contribution >= 4 is 11.7 Å². The third-order valence-corrected chi connectivity index (χ3v) is 6.88. The van der Waals surface area contributed by atoms with Crippen LogP contribution in [-0.4, -0.2) is 64.3 Å². The first-order valence-electron chi connectivity index (χ1n) is 10.3.